The number of aliphatic carboxylic acids is 1. The fourth-order valence-electron chi connectivity index (χ4n) is 2.52. The Hall–Kier alpha value is -2.11. The Labute approximate surface area is 109 Å². The lowest BCUT2D eigenvalue weighted by Crippen LogP contribution is -2.35. The molecule has 2 rings (SSSR count). The first-order chi connectivity index (χ1) is 9.09. The van der Waals surface area contributed by atoms with Gasteiger partial charge in [-0.15, -0.1) is 0 Å². The fraction of sp³-hybridized carbons (Fsp3) is 0.462. The number of carboxylic acids is 1. The Morgan fingerprint density at radius 3 is 2.89 bits per heavy atom. The van der Waals surface area contributed by atoms with Crippen molar-refractivity contribution in [3.8, 4) is 0 Å². The van der Waals surface area contributed by atoms with Crippen LogP contribution in [-0.4, -0.2) is 28.5 Å². The minimum Gasteiger partial charge on any atom is -0.481 e. The number of aromatic amines is 1. The van der Waals surface area contributed by atoms with Crippen LogP contribution < -0.4 is 10.7 Å². The average Bonchev–Trinajstić information content (AvgIpc) is 2.85. The normalized spacial score (nSPS) is 22.1. The van der Waals surface area contributed by atoms with Crippen molar-refractivity contribution in [3.63, 3.8) is 0 Å². The second kappa shape index (κ2) is 5.69. The predicted molar refractivity (Wildman–Crippen MR) is 67.9 cm³/mol. The van der Waals surface area contributed by atoms with Gasteiger partial charge in [0.2, 0.25) is 0 Å². The molecular weight excluding hydrogens is 248 g/mol. The molecule has 3 N–H and O–H groups in total. The lowest BCUT2D eigenvalue weighted by Gasteiger charge is -2.16. The van der Waals surface area contributed by atoms with E-state index in [2.05, 4.69) is 10.3 Å². The van der Waals surface area contributed by atoms with Gasteiger partial charge in [0, 0.05) is 25.0 Å². The number of rotatable bonds is 4. The minimum absolute atomic E-state index is 0.0485. The van der Waals surface area contributed by atoms with Gasteiger partial charge in [0.25, 0.3) is 5.91 Å². The molecule has 1 saturated carbocycles. The Kier molecular flexibility index (Phi) is 3.99. The monoisotopic (exact) mass is 264 g/mol. The van der Waals surface area contributed by atoms with Crippen LogP contribution in [0.4, 0.5) is 0 Å². The third-order valence-electron chi connectivity index (χ3n) is 3.57. The standard InChI is InChI=1S/C13H16N2O4/c16-11-4-5-14-7-10(11)12(17)15-6-8-2-1-3-9(8)13(18)19/h4-5,7-9H,1-3,6H2,(H,14,16)(H,15,17)(H,18,19). The highest BCUT2D eigenvalue weighted by Crippen LogP contribution is 2.31. The van der Waals surface area contributed by atoms with Crippen molar-refractivity contribution in [1.29, 1.82) is 0 Å². The summed E-state index contributed by atoms with van der Waals surface area (Å²) in [5, 5.41) is 11.7. The van der Waals surface area contributed by atoms with E-state index in [9.17, 15) is 14.4 Å². The molecule has 2 unspecified atom stereocenters. The molecule has 1 heterocycles. The fourth-order valence-corrected chi connectivity index (χ4v) is 2.52. The zero-order chi connectivity index (χ0) is 13.8. The van der Waals surface area contributed by atoms with Gasteiger partial charge in [-0.25, -0.2) is 0 Å². The third-order valence-corrected chi connectivity index (χ3v) is 3.57. The van der Waals surface area contributed by atoms with E-state index >= 15 is 0 Å². The lowest BCUT2D eigenvalue weighted by molar-refractivity contribution is -0.142. The molecule has 0 aliphatic heterocycles. The number of carbonyl (C=O) groups excluding carboxylic acids is 1. The molecule has 0 saturated heterocycles. The summed E-state index contributed by atoms with van der Waals surface area (Å²) in [6.07, 6.45) is 5.12. The van der Waals surface area contributed by atoms with Crippen molar-refractivity contribution < 1.29 is 14.7 Å². The largest absolute Gasteiger partial charge is 0.481 e. The van der Waals surface area contributed by atoms with Gasteiger partial charge in [-0.1, -0.05) is 6.42 Å². The van der Waals surface area contributed by atoms with Crippen LogP contribution in [0, 0.1) is 11.8 Å². The molecule has 6 heteroatoms. The van der Waals surface area contributed by atoms with Gasteiger partial charge < -0.3 is 15.4 Å². The molecule has 1 amide bonds. The van der Waals surface area contributed by atoms with E-state index in [-0.39, 0.29) is 16.9 Å². The second-order valence-corrected chi connectivity index (χ2v) is 4.77. The highest BCUT2D eigenvalue weighted by molar-refractivity contribution is 5.93. The van der Waals surface area contributed by atoms with Crippen molar-refractivity contribution in [3.05, 3.63) is 34.2 Å². The number of pyridine rings is 1. The van der Waals surface area contributed by atoms with Crippen molar-refractivity contribution in [2.24, 2.45) is 11.8 Å². The Morgan fingerprint density at radius 1 is 1.42 bits per heavy atom. The smallest absolute Gasteiger partial charge is 0.306 e. The average molecular weight is 264 g/mol. The quantitative estimate of drug-likeness (QED) is 0.741. The Morgan fingerprint density at radius 2 is 2.21 bits per heavy atom. The molecule has 1 fully saturated rings. The summed E-state index contributed by atoms with van der Waals surface area (Å²) in [6.45, 7) is 0.296. The molecule has 102 valence electrons. The van der Waals surface area contributed by atoms with E-state index in [0.29, 0.717) is 13.0 Å². The first-order valence-electron chi connectivity index (χ1n) is 6.27. The summed E-state index contributed by atoms with van der Waals surface area (Å²) >= 11 is 0. The molecular formula is C13H16N2O4. The van der Waals surface area contributed by atoms with Crippen LogP contribution in [0.25, 0.3) is 0 Å². The van der Waals surface area contributed by atoms with E-state index < -0.39 is 17.8 Å². The van der Waals surface area contributed by atoms with E-state index in [0.717, 1.165) is 12.8 Å². The lowest BCUT2D eigenvalue weighted by atomic mass is 9.96. The molecule has 0 radical (unpaired) electrons. The van der Waals surface area contributed by atoms with E-state index in [1.54, 1.807) is 0 Å². The molecule has 19 heavy (non-hydrogen) atoms. The summed E-state index contributed by atoms with van der Waals surface area (Å²) in [6, 6.07) is 1.28. The number of carbonyl (C=O) groups is 2. The summed E-state index contributed by atoms with van der Waals surface area (Å²) in [4.78, 5) is 37.0. The summed E-state index contributed by atoms with van der Waals surface area (Å²) in [7, 11) is 0. The van der Waals surface area contributed by atoms with Crippen molar-refractivity contribution >= 4 is 11.9 Å². The molecule has 0 aromatic carbocycles. The number of hydrogen-bond donors (Lipinski definition) is 3. The molecule has 1 aromatic rings. The molecule has 0 spiro atoms. The summed E-state index contributed by atoms with van der Waals surface area (Å²) < 4.78 is 0. The van der Waals surface area contributed by atoms with Crippen LogP contribution in [0.3, 0.4) is 0 Å². The van der Waals surface area contributed by atoms with Gasteiger partial charge in [0.05, 0.1) is 5.92 Å². The number of aromatic nitrogens is 1. The van der Waals surface area contributed by atoms with Crippen molar-refractivity contribution in [2.75, 3.05) is 6.54 Å². The highest BCUT2D eigenvalue weighted by atomic mass is 16.4. The SMILES string of the molecule is O=C(NCC1CCCC1C(=O)O)c1c[nH]ccc1=O. The second-order valence-electron chi connectivity index (χ2n) is 4.77. The summed E-state index contributed by atoms with van der Waals surface area (Å²) in [5.41, 5.74) is -0.301. The van der Waals surface area contributed by atoms with Gasteiger partial charge >= 0.3 is 5.97 Å². The van der Waals surface area contributed by atoms with Gasteiger partial charge in [-0.05, 0) is 18.8 Å². The van der Waals surface area contributed by atoms with Crippen LogP contribution in [0.2, 0.25) is 0 Å². The zero-order valence-electron chi connectivity index (χ0n) is 10.4. The number of H-pyrrole nitrogens is 1. The van der Waals surface area contributed by atoms with Gasteiger partial charge in [0.1, 0.15) is 5.56 Å². The molecule has 6 nitrogen and oxygen atoms in total. The topological polar surface area (TPSA) is 99.3 Å². The van der Waals surface area contributed by atoms with Crippen molar-refractivity contribution in [1.82, 2.24) is 10.3 Å². The van der Waals surface area contributed by atoms with Gasteiger partial charge in [0.15, 0.2) is 5.43 Å². The maximum atomic E-state index is 11.8. The van der Waals surface area contributed by atoms with Crippen LogP contribution in [0.15, 0.2) is 23.3 Å². The van der Waals surface area contributed by atoms with Crippen molar-refractivity contribution in [2.45, 2.75) is 19.3 Å². The number of hydrogen-bond acceptors (Lipinski definition) is 3. The van der Waals surface area contributed by atoms with Crippen LogP contribution in [0.1, 0.15) is 29.6 Å². The van der Waals surface area contributed by atoms with E-state index in [1.165, 1.54) is 18.5 Å². The third kappa shape index (κ3) is 3.01. The molecule has 1 aliphatic rings. The Bertz CT molecular complexity index is 537. The van der Waals surface area contributed by atoms with Crippen LogP contribution in [-0.2, 0) is 4.79 Å². The minimum atomic E-state index is -0.811. The zero-order valence-corrected chi connectivity index (χ0v) is 10.4. The maximum absolute atomic E-state index is 11.8. The van der Waals surface area contributed by atoms with E-state index in [4.69, 9.17) is 5.11 Å². The maximum Gasteiger partial charge on any atom is 0.306 e. The molecule has 0 bridgehead atoms. The number of nitrogens with one attached hydrogen (secondary N) is 2. The number of amides is 1. The van der Waals surface area contributed by atoms with Gasteiger partial charge in [-0.2, -0.15) is 0 Å². The highest BCUT2D eigenvalue weighted by Gasteiger charge is 2.32. The molecule has 1 aromatic heterocycles. The Balaban J connectivity index is 1.96. The first-order valence-corrected chi connectivity index (χ1v) is 6.27. The molecule has 2 atom stereocenters. The predicted octanol–water partition coefficient (Wildman–Crippen LogP) is 0.606. The summed E-state index contributed by atoms with van der Waals surface area (Å²) in [5.74, 6) is -1.72. The van der Waals surface area contributed by atoms with Crippen LogP contribution >= 0.6 is 0 Å². The van der Waals surface area contributed by atoms with E-state index in [1.807, 2.05) is 0 Å². The molecule has 1 aliphatic carbocycles. The van der Waals surface area contributed by atoms with Gasteiger partial charge in [-0.3, -0.25) is 14.4 Å². The van der Waals surface area contributed by atoms with Crippen LogP contribution in [0.5, 0.6) is 0 Å². The first kappa shape index (κ1) is 13.3. The number of carboxylic acid groups (broad SMARTS) is 1.